The Morgan fingerprint density at radius 3 is 2.83 bits per heavy atom. The van der Waals surface area contributed by atoms with Gasteiger partial charge in [-0.3, -0.25) is 10.1 Å². The van der Waals surface area contributed by atoms with Crippen LogP contribution in [-0.4, -0.2) is 35.0 Å². The number of hydrogen-bond acceptors (Lipinski definition) is 5. The molecule has 0 radical (unpaired) electrons. The van der Waals surface area contributed by atoms with Crippen LogP contribution in [0.15, 0.2) is 12.1 Å². The van der Waals surface area contributed by atoms with Gasteiger partial charge in [0.05, 0.1) is 4.92 Å². The molecule has 1 rings (SSSR count). The standard InChI is InChI=1S/C11H16ClN3O2S/c1-8(6-7-18-3)14(2)11-9(15(16)17)4-5-10(12)13-11/h4-5,8H,6-7H2,1-3H3. The molecule has 0 saturated carbocycles. The van der Waals surface area contributed by atoms with Crippen LogP contribution in [0.25, 0.3) is 0 Å². The van der Waals surface area contributed by atoms with Crippen molar-refractivity contribution < 1.29 is 4.92 Å². The maximum absolute atomic E-state index is 11.0. The van der Waals surface area contributed by atoms with E-state index in [9.17, 15) is 10.1 Å². The van der Waals surface area contributed by atoms with Gasteiger partial charge >= 0.3 is 5.69 Å². The third-order valence-electron chi connectivity index (χ3n) is 2.75. The van der Waals surface area contributed by atoms with E-state index in [1.807, 2.05) is 13.2 Å². The average Bonchev–Trinajstić information content (AvgIpc) is 2.34. The van der Waals surface area contributed by atoms with Crippen LogP contribution < -0.4 is 4.90 Å². The van der Waals surface area contributed by atoms with Crippen LogP contribution in [0.4, 0.5) is 11.5 Å². The molecular formula is C11H16ClN3O2S. The second-order valence-electron chi connectivity index (χ2n) is 3.98. The Bertz CT molecular complexity index is 431. The van der Waals surface area contributed by atoms with Gasteiger partial charge in [0.25, 0.3) is 0 Å². The zero-order valence-electron chi connectivity index (χ0n) is 10.6. The highest BCUT2D eigenvalue weighted by atomic mass is 35.5. The molecule has 0 fully saturated rings. The van der Waals surface area contributed by atoms with Gasteiger partial charge in [-0.25, -0.2) is 4.98 Å². The van der Waals surface area contributed by atoms with Crippen molar-refractivity contribution in [2.24, 2.45) is 0 Å². The SMILES string of the molecule is CSCCC(C)N(C)c1nc(Cl)ccc1[N+](=O)[O-]. The highest BCUT2D eigenvalue weighted by Gasteiger charge is 2.22. The average molecular weight is 290 g/mol. The molecule has 1 atom stereocenters. The quantitative estimate of drug-likeness (QED) is 0.457. The van der Waals surface area contributed by atoms with Gasteiger partial charge in [0.15, 0.2) is 0 Å². The molecule has 0 N–H and O–H groups in total. The Morgan fingerprint density at radius 1 is 1.61 bits per heavy atom. The predicted molar refractivity (Wildman–Crippen MR) is 76.8 cm³/mol. The molecule has 18 heavy (non-hydrogen) atoms. The molecule has 0 bridgehead atoms. The number of anilines is 1. The predicted octanol–water partition coefficient (Wildman–Crippen LogP) is 3.22. The Labute approximate surface area is 116 Å². The Morgan fingerprint density at radius 2 is 2.28 bits per heavy atom. The number of rotatable bonds is 6. The third kappa shape index (κ3) is 3.74. The van der Waals surface area contributed by atoms with E-state index in [0.717, 1.165) is 12.2 Å². The second-order valence-corrected chi connectivity index (χ2v) is 5.35. The number of hydrogen-bond donors (Lipinski definition) is 0. The minimum atomic E-state index is -0.434. The Hall–Kier alpha value is -1.01. The lowest BCUT2D eigenvalue weighted by atomic mass is 10.2. The fraction of sp³-hybridized carbons (Fsp3) is 0.545. The smallest absolute Gasteiger partial charge is 0.311 e. The van der Waals surface area contributed by atoms with Crippen molar-refractivity contribution in [3.8, 4) is 0 Å². The summed E-state index contributed by atoms with van der Waals surface area (Å²) in [6.07, 6.45) is 2.97. The van der Waals surface area contributed by atoms with Crippen molar-refractivity contribution in [1.29, 1.82) is 0 Å². The Kier molecular flexibility index (Phi) is 5.68. The minimum absolute atomic E-state index is 0.0158. The van der Waals surface area contributed by atoms with E-state index in [-0.39, 0.29) is 16.9 Å². The van der Waals surface area contributed by atoms with Crippen LogP contribution in [0.1, 0.15) is 13.3 Å². The molecular weight excluding hydrogens is 274 g/mol. The van der Waals surface area contributed by atoms with E-state index in [0.29, 0.717) is 5.82 Å². The summed E-state index contributed by atoms with van der Waals surface area (Å²) >= 11 is 7.56. The van der Waals surface area contributed by atoms with Gasteiger partial charge in [-0.15, -0.1) is 0 Å². The Balaban J connectivity index is 2.99. The first-order chi connectivity index (χ1) is 8.47. The molecule has 7 heteroatoms. The molecule has 1 heterocycles. The normalized spacial score (nSPS) is 12.2. The summed E-state index contributed by atoms with van der Waals surface area (Å²) in [5, 5.41) is 11.2. The maximum atomic E-state index is 11.0. The molecule has 100 valence electrons. The van der Waals surface area contributed by atoms with Crippen molar-refractivity contribution in [1.82, 2.24) is 4.98 Å². The van der Waals surface area contributed by atoms with Crippen LogP contribution in [0.3, 0.4) is 0 Å². The monoisotopic (exact) mass is 289 g/mol. The molecule has 0 saturated heterocycles. The molecule has 5 nitrogen and oxygen atoms in total. The van der Waals surface area contributed by atoms with Gasteiger partial charge in [-0.1, -0.05) is 11.6 Å². The summed E-state index contributed by atoms with van der Waals surface area (Å²) in [7, 11) is 1.80. The molecule has 0 aliphatic carbocycles. The number of halogens is 1. The lowest BCUT2D eigenvalue weighted by Crippen LogP contribution is -2.30. The van der Waals surface area contributed by atoms with Crippen molar-refractivity contribution in [2.45, 2.75) is 19.4 Å². The van der Waals surface area contributed by atoms with E-state index >= 15 is 0 Å². The summed E-state index contributed by atoms with van der Waals surface area (Å²) in [5.41, 5.74) is -0.0158. The topological polar surface area (TPSA) is 59.3 Å². The molecule has 1 unspecified atom stereocenters. The zero-order valence-corrected chi connectivity index (χ0v) is 12.2. The number of thioether (sulfide) groups is 1. The molecule has 1 aromatic rings. The number of aromatic nitrogens is 1. The number of nitrogens with zero attached hydrogens (tertiary/aromatic N) is 3. The van der Waals surface area contributed by atoms with Crippen LogP contribution in [0.2, 0.25) is 5.15 Å². The highest BCUT2D eigenvalue weighted by Crippen LogP contribution is 2.28. The lowest BCUT2D eigenvalue weighted by Gasteiger charge is -2.25. The summed E-state index contributed by atoms with van der Waals surface area (Å²) in [5.74, 6) is 1.32. The van der Waals surface area contributed by atoms with Gasteiger partial charge in [0, 0.05) is 19.2 Å². The van der Waals surface area contributed by atoms with Gasteiger partial charge in [0.1, 0.15) is 5.15 Å². The molecule has 0 aliphatic rings. The summed E-state index contributed by atoms with van der Waals surface area (Å²) in [4.78, 5) is 16.4. The van der Waals surface area contributed by atoms with Gasteiger partial charge in [0.2, 0.25) is 5.82 Å². The molecule has 0 aromatic carbocycles. The highest BCUT2D eigenvalue weighted by molar-refractivity contribution is 7.98. The summed E-state index contributed by atoms with van der Waals surface area (Å²) < 4.78 is 0. The van der Waals surface area contributed by atoms with Crippen LogP contribution in [-0.2, 0) is 0 Å². The van der Waals surface area contributed by atoms with Crippen LogP contribution in [0, 0.1) is 10.1 Å². The van der Waals surface area contributed by atoms with Crippen LogP contribution >= 0.6 is 23.4 Å². The largest absolute Gasteiger partial charge is 0.351 e. The fourth-order valence-corrected chi connectivity index (χ4v) is 2.23. The summed E-state index contributed by atoms with van der Waals surface area (Å²) in [6.45, 7) is 2.02. The van der Waals surface area contributed by atoms with E-state index in [2.05, 4.69) is 4.98 Å². The van der Waals surface area contributed by atoms with E-state index in [1.54, 1.807) is 23.7 Å². The lowest BCUT2D eigenvalue weighted by molar-refractivity contribution is -0.384. The van der Waals surface area contributed by atoms with Crippen molar-refractivity contribution in [3.63, 3.8) is 0 Å². The minimum Gasteiger partial charge on any atom is -0.351 e. The fourth-order valence-electron chi connectivity index (χ4n) is 1.51. The molecule has 0 amide bonds. The van der Waals surface area contributed by atoms with Crippen molar-refractivity contribution in [3.05, 3.63) is 27.4 Å². The van der Waals surface area contributed by atoms with Gasteiger partial charge in [-0.05, 0) is 31.4 Å². The van der Waals surface area contributed by atoms with E-state index in [4.69, 9.17) is 11.6 Å². The van der Waals surface area contributed by atoms with Crippen molar-refractivity contribution in [2.75, 3.05) is 24.0 Å². The van der Waals surface area contributed by atoms with E-state index in [1.165, 1.54) is 12.1 Å². The number of nitro groups is 1. The van der Waals surface area contributed by atoms with E-state index < -0.39 is 4.92 Å². The first-order valence-corrected chi connectivity index (χ1v) is 7.27. The molecule has 0 spiro atoms. The maximum Gasteiger partial charge on any atom is 0.311 e. The zero-order chi connectivity index (χ0) is 13.7. The van der Waals surface area contributed by atoms with Crippen LogP contribution in [0.5, 0.6) is 0 Å². The first kappa shape index (κ1) is 15.0. The van der Waals surface area contributed by atoms with Gasteiger partial charge in [-0.2, -0.15) is 11.8 Å². The summed E-state index contributed by atoms with van der Waals surface area (Å²) in [6, 6.07) is 2.99. The van der Waals surface area contributed by atoms with Gasteiger partial charge < -0.3 is 4.90 Å². The number of pyridine rings is 1. The third-order valence-corrected chi connectivity index (χ3v) is 3.61. The van der Waals surface area contributed by atoms with Crippen molar-refractivity contribution >= 4 is 34.9 Å². The first-order valence-electron chi connectivity index (χ1n) is 5.50. The molecule has 0 aliphatic heterocycles. The second kappa shape index (κ2) is 6.80. The molecule has 1 aromatic heterocycles.